The first kappa shape index (κ1) is 17.9. The molecule has 0 aliphatic rings. The molecule has 0 saturated carbocycles. The monoisotopic (exact) mass is 331 g/mol. The number of rotatable bonds is 6. The molecule has 0 atom stereocenters. The molecule has 0 aliphatic carbocycles. The Hall–Kier alpha value is -1.11. The van der Waals surface area contributed by atoms with E-state index in [0.717, 1.165) is 0 Å². The van der Waals surface area contributed by atoms with Gasteiger partial charge in [0.25, 0.3) is 5.69 Å². The van der Waals surface area contributed by atoms with Gasteiger partial charge in [-0.3, -0.25) is 10.1 Å². The summed E-state index contributed by atoms with van der Waals surface area (Å²) in [6.07, 6.45) is 0. The fourth-order valence-electron chi connectivity index (χ4n) is 1.39. The summed E-state index contributed by atoms with van der Waals surface area (Å²) in [5.74, 6) is 0.432. The van der Waals surface area contributed by atoms with E-state index in [0.29, 0.717) is 19.0 Å². The smallest absolute Gasteiger partial charge is 0.271 e. The molecule has 0 fully saturated rings. The van der Waals surface area contributed by atoms with Crippen LogP contribution >= 0.6 is 11.6 Å². The largest absolute Gasteiger partial charge is 0.490 e. The highest BCUT2D eigenvalue weighted by Gasteiger charge is 2.36. The molecule has 0 aromatic heterocycles. The van der Waals surface area contributed by atoms with Crippen LogP contribution in [0.15, 0.2) is 18.2 Å². The summed E-state index contributed by atoms with van der Waals surface area (Å²) in [5, 5.41) is 11.0. The number of hydrogen-bond donors (Lipinski definition) is 0. The topological polar surface area (TPSA) is 61.6 Å². The zero-order valence-electron chi connectivity index (χ0n) is 13.1. The second-order valence-corrected chi connectivity index (χ2v) is 11.5. The van der Waals surface area contributed by atoms with Gasteiger partial charge in [0.15, 0.2) is 8.32 Å². The van der Waals surface area contributed by atoms with Crippen LogP contribution in [-0.2, 0) is 4.43 Å². The van der Waals surface area contributed by atoms with E-state index in [1.807, 2.05) is 0 Å². The van der Waals surface area contributed by atoms with E-state index >= 15 is 0 Å². The molecular weight excluding hydrogens is 310 g/mol. The molecule has 0 bridgehead atoms. The van der Waals surface area contributed by atoms with Crippen LogP contribution in [0.4, 0.5) is 5.69 Å². The third-order valence-corrected chi connectivity index (χ3v) is 8.57. The second-order valence-electron chi connectivity index (χ2n) is 6.33. The molecule has 1 aromatic rings. The van der Waals surface area contributed by atoms with E-state index < -0.39 is 13.2 Å². The lowest BCUT2D eigenvalue weighted by molar-refractivity contribution is -0.384. The first-order chi connectivity index (χ1) is 9.54. The molecule has 0 spiro atoms. The van der Waals surface area contributed by atoms with Gasteiger partial charge in [0, 0.05) is 12.1 Å². The summed E-state index contributed by atoms with van der Waals surface area (Å²) >= 11 is 5.95. The third-order valence-electron chi connectivity index (χ3n) is 3.74. The molecular formula is C14H22ClNO4Si. The summed E-state index contributed by atoms with van der Waals surface area (Å²) in [7, 11) is -1.78. The van der Waals surface area contributed by atoms with Gasteiger partial charge < -0.3 is 9.16 Å². The van der Waals surface area contributed by atoms with Crippen molar-refractivity contribution in [1.29, 1.82) is 0 Å². The number of ether oxygens (including phenoxy) is 1. The van der Waals surface area contributed by atoms with E-state index in [2.05, 4.69) is 33.9 Å². The van der Waals surface area contributed by atoms with Gasteiger partial charge in [-0.15, -0.1) is 0 Å². The van der Waals surface area contributed by atoms with Crippen LogP contribution < -0.4 is 4.74 Å². The number of nitrogens with zero attached hydrogens (tertiary/aromatic N) is 1. The van der Waals surface area contributed by atoms with Gasteiger partial charge in [-0.05, 0) is 24.2 Å². The first-order valence-electron chi connectivity index (χ1n) is 6.75. The number of hydrogen-bond acceptors (Lipinski definition) is 4. The predicted octanol–water partition coefficient (Wildman–Crippen LogP) is 4.65. The van der Waals surface area contributed by atoms with Crippen molar-refractivity contribution in [3.63, 3.8) is 0 Å². The van der Waals surface area contributed by atoms with Crippen LogP contribution in [0.3, 0.4) is 0 Å². The maximum Gasteiger partial charge on any atom is 0.271 e. The van der Waals surface area contributed by atoms with Crippen molar-refractivity contribution in [2.24, 2.45) is 0 Å². The van der Waals surface area contributed by atoms with Gasteiger partial charge in [-0.1, -0.05) is 32.4 Å². The van der Waals surface area contributed by atoms with Gasteiger partial charge in [-0.25, -0.2) is 0 Å². The van der Waals surface area contributed by atoms with Gasteiger partial charge in [0.2, 0.25) is 0 Å². The van der Waals surface area contributed by atoms with Crippen LogP contribution in [0.1, 0.15) is 20.8 Å². The van der Waals surface area contributed by atoms with Crippen LogP contribution in [0.5, 0.6) is 5.75 Å². The summed E-state index contributed by atoms with van der Waals surface area (Å²) < 4.78 is 11.5. The van der Waals surface area contributed by atoms with Crippen LogP contribution in [0, 0.1) is 10.1 Å². The maximum atomic E-state index is 10.6. The highest BCUT2D eigenvalue weighted by molar-refractivity contribution is 6.74. The Bertz CT molecular complexity index is 514. The molecule has 21 heavy (non-hydrogen) atoms. The Kier molecular flexibility index (Phi) is 5.78. The summed E-state index contributed by atoms with van der Waals surface area (Å²) in [6, 6.07) is 4.16. The first-order valence-corrected chi connectivity index (χ1v) is 10.0. The minimum absolute atomic E-state index is 0.0510. The van der Waals surface area contributed by atoms with Crippen molar-refractivity contribution in [1.82, 2.24) is 0 Å². The van der Waals surface area contributed by atoms with Crippen molar-refractivity contribution in [2.45, 2.75) is 38.9 Å². The standard InChI is InChI=1S/C14H22ClNO4Si/c1-14(2,3)21(4,5)20-9-8-19-13-7-6-11(16(17)18)10-12(13)15/h6-7,10H,8-9H2,1-5H3. The normalized spacial score (nSPS) is 12.3. The number of halogens is 1. The highest BCUT2D eigenvalue weighted by Crippen LogP contribution is 2.36. The van der Waals surface area contributed by atoms with Gasteiger partial charge in [0.1, 0.15) is 12.4 Å². The number of benzene rings is 1. The van der Waals surface area contributed by atoms with Crippen molar-refractivity contribution in [2.75, 3.05) is 13.2 Å². The molecule has 118 valence electrons. The summed E-state index contributed by atoms with van der Waals surface area (Å²) in [5.41, 5.74) is -0.0510. The van der Waals surface area contributed by atoms with E-state index in [9.17, 15) is 10.1 Å². The second kappa shape index (κ2) is 6.77. The predicted molar refractivity (Wildman–Crippen MR) is 86.8 cm³/mol. The Labute approximate surface area is 131 Å². The minimum Gasteiger partial charge on any atom is -0.490 e. The fourth-order valence-corrected chi connectivity index (χ4v) is 2.64. The van der Waals surface area contributed by atoms with E-state index in [1.54, 1.807) is 0 Å². The van der Waals surface area contributed by atoms with Crippen molar-refractivity contribution >= 4 is 25.6 Å². The average Bonchev–Trinajstić information content (AvgIpc) is 2.34. The third kappa shape index (κ3) is 4.98. The van der Waals surface area contributed by atoms with E-state index in [1.165, 1.54) is 18.2 Å². The van der Waals surface area contributed by atoms with Crippen molar-refractivity contribution in [3.8, 4) is 5.75 Å². The van der Waals surface area contributed by atoms with E-state index in [4.69, 9.17) is 20.8 Å². The Morgan fingerprint density at radius 3 is 2.38 bits per heavy atom. The van der Waals surface area contributed by atoms with Gasteiger partial charge >= 0.3 is 0 Å². The molecule has 5 nitrogen and oxygen atoms in total. The fraction of sp³-hybridized carbons (Fsp3) is 0.571. The van der Waals surface area contributed by atoms with Crippen molar-refractivity contribution in [3.05, 3.63) is 33.3 Å². The molecule has 1 aromatic carbocycles. The van der Waals surface area contributed by atoms with Gasteiger partial charge in [-0.2, -0.15) is 0 Å². The van der Waals surface area contributed by atoms with E-state index in [-0.39, 0.29) is 15.7 Å². The quantitative estimate of drug-likeness (QED) is 0.329. The molecule has 0 N–H and O–H groups in total. The Morgan fingerprint density at radius 1 is 1.29 bits per heavy atom. The molecule has 7 heteroatoms. The zero-order chi connectivity index (χ0) is 16.3. The molecule has 0 radical (unpaired) electrons. The van der Waals surface area contributed by atoms with Crippen LogP contribution in [-0.4, -0.2) is 26.5 Å². The van der Waals surface area contributed by atoms with Gasteiger partial charge in [0.05, 0.1) is 16.6 Å². The lowest BCUT2D eigenvalue weighted by atomic mass is 10.2. The molecule has 0 aliphatic heterocycles. The molecule has 0 amide bonds. The zero-order valence-corrected chi connectivity index (χ0v) is 14.9. The Balaban J connectivity index is 2.52. The Morgan fingerprint density at radius 2 is 1.90 bits per heavy atom. The molecule has 1 rings (SSSR count). The summed E-state index contributed by atoms with van der Waals surface area (Å²) in [6.45, 7) is 11.7. The average molecular weight is 332 g/mol. The van der Waals surface area contributed by atoms with Crippen LogP contribution in [0.2, 0.25) is 23.2 Å². The molecule has 0 unspecified atom stereocenters. The SMILES string of the molecule is CC(C)(C)[Si](C)(C)OCCOc1ccc([N+](=O)[O-])cc1Cl. The number of nitro benzene ring substituents is 1. The number of non-ortho nitro benzene ring substituents is 1. The highest BCUT2D eigenvalue weighted by atomic mass is 35.5. The summed E-state index contributed by atoms with van der Waals surface area (Å²) in [4.78, 5) is 10.1. The molecule has 0 heterocycles. The van der Waals surface area contributed by atoms with Crippen molar-refractivity contribution < 1.29 is 14.1 Å². The lowest BCUT2D eigenvalue weighted by Crippen LogP contribution is -2.41. The molecule has 0 saturated heterocycles. The minimum atomic E-state index is -1.78. The maximum absolute atomic E-state index is 10.6. The lowest BCUT2D eigenvalue weighted by Gasteiger charge is -2.36. The number of nitro groups is 1. The van der Waals surface area contributed by atoms with Crippen LogP contribution in [0.25, 0.3) is 0 Å².